The maximum absolute atomic E-state index is 12.5. The highest BCUT2D eigenvalue weighted by atomic mass is 35.5. The molecule has 7 heteroatoms. The second kappa shape index (κ2) is 7.05. The van der Waals surface area contributed by atoms with Gasteiger partial charge >= 0.3 is 6.03 Å². The van der Waals surface area contributed by atoms with E-state index in [9.17, 15) is 9.59 Å². The molecule has 0 radical (unpaired) electrons. The highest BCUT2D eigenvalue weighted by Crippen LogP contribution is 2.26. The maximum Gasteiger partial charge on any atom is 0.321 e. The fourth-order valence-electron chi connectivity index (χ4n) is 2.97. The number of hydrogen-bond donors (Lipinski definition) is 2. The Morgan fingerprint density at radius 1 is 1.42 bits per heavy atom. The molecule has 1 aromatic heterocycles. The molecule has 126 valence electrons. The van der Waals surface area contributed by atoms with E-state index in [0.717, 1.165) is 18.5 Å². The lowest BCUT2D eigenvalue weighted by Gasteiger charge is -2.32. The van der Waals surface area contributed by atoms with Gasteiger partial charge in [0.1, 0.15) is 5.82 Å². The van der Waals surface area contributed by atoms with E-state index in [4.69, 9.17) is 11.6 Å². The average molecular weight is 347 g/mol. The first kappa shape index (κ1) is 16.5. The highest BCUT2D eigenvalue weighted by Gasteiger charge is 2.26. The molecule has 1 aliphatic rings. The summed E-state index contributed by atoms with van der Waals surface area (Å²) in [5.41, 5.74) is 1.18. The van der Waals surface area contributed by atoms with Gasteiger partial charge in [-0.25, -0.2) is 9.78 Å². The molecule has 0 spiro atoms. The number of aryl methyl sites for hydroxylation is 1. The SMILES string of the molecule is Cc1nc(C2CCCN(C(=O)Nc3ccccc3Cl)C2)cc(=O)[nH]1. The minimum Gasteiger partial charge on any atom is -0.324 e. The van der Waals surface area contributed by atoms with Crippen molar-refractivity contribution in [1.29, 1.82) is 0 Å². The molecule has 24 heavy (non-hydrogen) atoms. The summed E-state index contributed by atoms with van der Waals surface area (Å²) in [5, 5.41) is 3.35. The third kappa shape index (κ3) is 3.76. The summed E-state index contributed by atoms with van der Waals surface area (Å²) in [6.45, 7) is 2.97. The molecule has 0 aliphatic carbocycles. The van der Waals surface area contributed by atoms with Crippen LogP contribution in [0.1, 0.15) is 30.3 Å². The minimum atomic E-state index is -0.186. The summed E-state index contributed by atoms with van der Waals surface area (Å²) < 4.78 is 0. The second-order valence-electron chi connectivity index (χ2n) is 5.95. The number of carbonyl (C=O) groups excluding carboxylic acids is 1. The van der Waals surface area contributed by atoms with Gasteiger partial charge in [-0.2, -0.15) is 0 Å². The van der Waals surface area contributed by atoms with Crippen LogP contribution in [0.3, 0.4) is 0 Å². The molecule has 0 bridgehead atoms. The molecule has 2 amide bonds. The van der Waals surface area contributed by atoms with Crippen molar-refractivity contribution in [3.63, 3.8) is 0 Å². The van der Waals surface area contributed by atoms with E-state index in [-0.39, 0.29) is 17.5 Å². The van der Waals surface area contributed by atoms with Crippen LogP contribution in [0, 0.1) is 6.92 Å². The van der Waals surface area contributed by atoms with Gasteiger partial charge in [-0.1, -0.05) is 23.7 Å². The summed E-state index contributed by atoms with van der Waals surface area (Å²) in [4.78, 5) is 33.0. The monoisotopic (exact) mass is 346 g/mol. The number of nitrogens with one attached hydrogen (secondary N) is 2. The van der Waals surface area contributed by atoms with Crippen LogP contribution in [0.5, 0.6) is 0 Å². The van der Waals surface area contributed by atoms with Gasteiger partial charge in [-0.3, -0.25) is 4.79 Å². The molecule has 6 nitrogen and oxygen atoms in total. The molecule has 2 heterocycles. The smallest absolute Gasteiger partial charge is 0.321 e. The number of carbonyl (C=O) groups is 1. The van der Waals surface area contributed by atoms with E-state index in [2.05, 4.69) is 15.3 Å². The van der Waals surface area contributed by atoms with Crippen molar-refractivity contribution in [2.45, 2.75) is 25.7 Å². The van der Waals surface area contributed by atoms with Crippen molar-refractivity contribution in [3.05, 3.63) is 57.2 Å². The molecule has 1 fully saturated rings. The number of para-hydroxylation sites is 1. The first-order valence-corrected chi connectivity index (χ1v) is 8.29. The quantitative estimate of drug-likeness (QED) is 0.876. The zero-order valence-corrected chi connectivity index (χ0v) is 14.1. The Balaban J connectivity index is 1.72. The molecule has 1 aromatic carbocycles. The summed E-state index contributed by atoms with van der Waals surface area (Å²) in [6.07, 6.45) is 1.78. The zero-order valence-electron chi connectivity index (χ0n) is 13.4. The lowest BCUT2D eigenvalue weighted by atomic mass is 9.94. The molecule has 2 N–H and O–H groups in total. The van der Waals surface area contributed by atoms with Gasteiger partial charge in [0, 0.05) is 25.1 Å². The number of urea groups is 1. The maximum atomic E-state index is 12.5. The van der Waals surface area contributed by atoms with Gasteiger partial charge in [0.25, 0.3) is 5.56 Å². The first-order valence-electron chi connectivity index (χ1n) is 7.91. The molecule has 1 aliphatic heterocycles. The largest absolute Gasteiger partial charge is 0.324 e. The Bertz CT molecular complexity index is 805. The number of aromatic nitrogens is 2. The van der Waals surface area contributed by atoms with Crippen LogP contribution in [0.15, 0.2) is 35.1 Å². The van der Waals surface area contributed by atoms with Crippen LogP contribution >= 0.6 is 11.6 Å². The van der Waals surface area contributed by atoms with Crippen LogP contribution in [0.25, 0.3) is 0 Å². The van der Waals surface area contributed by atoms with E-state index >= 15 is 0 Å². The summed E-state index contributed by atoms with van der Waals surface area (Å²) in [5.74, 6) is 0.659. The topological polar surface area (TPSA) is 78.1 Å². The van der Waals surface area contributed by atoms with Gasteiger partial charge < -0.3 is 15.2 Å². The van der Waals surface area contributed by atoms with Crippen molar-refractivity contribution in [2.75, 3.05) is 18.4 Å². The molecular weight excluding hydrogens is 328 g/mol. The van der Waals surface area contributed by atoms with Gasteiger partial charge in [-0.15, -0.1) is 0 Å². The van der Waals surface area contributed by atoms with E-state index in [1.54, 1.807) is 24.0 Å². The van der Waals surface area contributed by atoms with Gasteiger partial charge in [0.05, 0.1) is 16.4 Å². The predicted octanol–water partition coefficient (Wildman–Crippen LogP) is 3.14. The zero-order chi connectivity index (χ0) is 17.1. The number of amides is 2. The number of likely N-dealkylation sites (tertiary alicyclic amines) is 1. The van der Waals surface area contributed by atoms with Crippen LogP contribution in [-0.2, 0) is 0 Å². The normalized spacial score (nSPS) is 17.6. The van der Waals surface area contributed by atoms with E-state index in [0.29, 0.717) is 29.6 Å². The van der Waals surface area contributed by atoms with Gasteiger partial charge in [0.2, 0.25) is 0 Å². The number of piperidine rings is 1. The highest BCUT2D eigenvalue weighted by molar-refractivity contribution is 6.33. The molecule has 3 rings (SSSR count). The number of anilines is 1. The molecule has 2 aromatic rings. The third-order valence-electron chi connectivity index (χ3n) is 4.12. The van der Waals surface area contributed by atoms with Crippen LogP contribution in [0.2, 0.25) is 5.02 Å². The molecule has 0 saturated carbocycles. The lowest BCUT2D eigenvalue weighted by Crippen LogP contribution is -2.42. The Morgan fingerprint density at radius 2 is 2.21 bits per heavy atom. The van der Waals surface area contributed by atoms with Crippen molar-refractivity contribution in [2.24, 2.45) is 0 Å². The fourth-order valence-corrected chi connectivity index (χ4v) is 3.15. The molecule has 1 unspecified atom stereocenters. The summed E-state index contributed by atoms with van der Waals surface area (Å²) in [7, 11) is 0. The van der Waals surface area contributed by atoms with Crippen molar-refractivity contribution >= 4 is 23.3 Å². The Labute approximate surface area is 144 Å². The predicted molar refractivity (Wildman–Crippen MR) is 93.6 cm³/mol. The molecular formula is C17H19ClN4O2. The molecule has 1 saturated heterocycles. The van der Waals surface area contributed by atoms with Crippen LogP contribution in [-0.4, -0.2) is 34.0 Å². The summed E-state index contributed by atoms with van der Waals surface area (Å²) >= 11 is 6.09. The number of hydrogen-bond acceptors (Lipinski definition) is 3. The number of benzene rings is 1. The third-order valence-corrected chi connectivity index (χ3v) is 4.45. The fraction of sp³-hybridized carbons (Fsp3) is 0.353. The van der Waals surface area contributed by atoms with Crippen molar-refractivity contribution < 1.29 is 4.79 Å². The first-order chi connectivity index (χ1) is 11.5. The number of halogens is 1. The number of H-pyrrole nitrogens is 1. The van der Waals surface area contributed by atoms with Crippen molar-refractivity contribution in [1.82, 2.24) is 14.9 Å². The number of rotatable bonds is 2. The summed E-state index contributed by atoms with van der Waals surface area (Å²) in [6, 6.07) is 8.48. The van der Waals surface area contributed by atoms with Gasteiger partial charge in [0.15, 0.2) is 0 Å². The van der Waals surface area contributed by atoms with E-state index in [1.165, 1.54) is 6.07 Å². The standard InChI is InChI=1S/C17H19ClN4O2/c1-11-19-15(9-16(23)20-11)12-5-4-8-22(10-12)17(24)21-14-7-3-2-6-13(14)18/h2-3,6-7,9,12H,4-5,8,10H2,1H3,(H,21,24)(H,19,20,23). The van der Waals surface area contributed by atoms with E-state index < -0.39 is 0 Å². The Morgan fingerprint density at radius 3 is 2.96 bits per heavy atom. The number of nitrogens with zero attached hydrogens (tertiary/aromatic N) is 2. The lowest BCUT2D eigenvalue weighted by molar-refractivity contribution is 0.192. The number of aromatic amines is 1. The Kier molecular flexibility index (Phi) is 4.85. The van der Waals surface area contributed by atoms with Gasteiger partial charge in [-0.05, 0) is 31.9 Å². The van der Waals surface area contributed by atoms with Crippen LogP contribution < -0.4 is 10.9 Å². The molecule has 1 atom stereocenters. The average Bonchev–Trinajstić information content (AvgIpc) is 2.56. The second-order valence-corrected chi connectivity index (χ2v) is 6.36. The minimum absolute atomic E-state index is 0.0664. The van der Waals surface area contributed by atoms with E-state index in [1.807, 2.05) is 12.1 Å². The van der Waals surface area contributed by atoms with Crippen molar-refractivity contribution in [3.8, 4) is 0 Å². The Hall–Kier alpha value is -2.34. The van der Waals surface area contributed by atoms with Crippen LogP contribution in [0.4, 0.5) is 10.5 Å².